The zero-order chi connectivity index (χ0) is 28.7. The lowest BCUT2D eigenvalue weighted by molar-refractivity contribution is -0.132. The van der Waals surface area contributed by atoms with Gasteiger partial charge in [0.25, 0.3) is 0 Å². The molecule has 0 spiro atoms. The number of hydrogen-bond donors (Lipinski definition) is 5. The number of halogens is 1. The van der Waals surface area contributed by atoms with Gasteiger partial charge in [-0.25, -0.2) is 4.39 Å². The van der Waals surface area contributed by atoms with Crippen LogP contribution >= 0.6 is 0 Å². The first kappa shape index (κ1) is 29.1. The maximum atomic E-state index is 14.8. The molecule has 5 rings (SSSR count). The fourth-order valence-electron chi connectivity index (χ4n) is 4.90. The van der Waals surface area contributed by atoms with Crippen molar-refractivity contribution in [2.45, 2.75) is 68.7 Å². The minimum Gasteiger partial charge on any atom is -0.491 e. The summed E-state index contributed by atoms with van der Waals surface area (Å²) in [4.78, 5) is 37.4. The average Bonchev–Trinajstić information content (AvgIpc) is 3.72. The van der Waals surface area contributed by atoms with Crippen LogP contribution in [0.1, 0.15) is 55.2 Å². The van der Waals surface area contributed by atoms with Crippen molar-refractivity contribution in [2.75, 3.05) is 13.2 Å². The maximum absolute atomic E-state index is 14.8. The van der Waals surface area contributed by atoms with Crippen LogP contribution in [0.3, 0.4) is 0 Å². The number of carbonyl (C=O) groups excluding carboxylic acids is 3. The van der Waals surface area contributed by atoms with Crippen molar-refractivity contribution in [3.05, 3.63) is 65.0 Å². The first-order valence-corrected chi connectivity index (χ1v) is 13.5. The summed E-state index contributed by atoms with van der Waals surface area (Å²) < 4.78 is 20.3. The third-order valence-corrected chi connectivity index (χ3v) is 7.34. The number of rotatable bonds is 7. The quantitative estimate of drug-likeness (QED) is 0.330. The number of terminal acetylenes is 1. The lowest BCUT2D eigenvalue weighted by Gasteiger charge is -2.29. The van der Waals surface area contributed by atoms with Gasteiger partial charge >= 0.3 is 0 Å². The van der Waals surface area contributed by atoms with E-state index >= 15 is 0 Å². The van der Waals surface area contributed by atoms with Crippen molar-refractivity contribution in [3.63, 3.8) is 0 Å². The molecule has 10 heteroatoms. The van der Waals surface area contributed by atoms with Crippen molar-refractivity contribution < 1.29 is 28.6 Å². The molecule has 1 fully saturated rings. The average molecular weight is 551 g/mol. The first-order chi connectivity index (χ1) is 19.2. The van der Waals surface area contributed by atoms with Gasteiger partial charge in [-0.05, 0) is 67.5 Å². The highest BCUT2D eigenvalue weighted by molar-refractivity contribution is 5.91. The van der Waals surface area contributed by atoms with E-state index in [4.69, 9.17) is 16.9 Å². The Labute approximate surface area is 233 Å². The lowest BCUT2D eigenvalue weighted by Crippen LogP contribution is -2.56. The summed E-state index contributed by atoms with van der Waals surface area (Å²) in [6.45, 7) is 0.329. The standard InChI is InChI=1S/C30H35FN4O5/c1-2-19-6-5-7-21(14-19)30(11-12-30)33-18-25(36)23-16-20-9-10-26(22(31)15-20)40-13-4-3-8-28(38)34-24(17-27(32)37)29(39)35-23/h1,5-7,9-10,14-15,23-25,33,36H,3-4,8,11-13,16-18H2,(H2,32,37)(H,34,38)(H,35,39). The third kappa shape index (κ3) is 7.58. The van der Waals surface area contributed by atoms with Gasteiger partial charge in [-0.1, -0.05) is 24.1 Å². The van der Waals surface area contributed by atoms with Crippen LogP contribution in [-0.4, -0.2) is 54.2 Å². The molecular weight excluding hydrogens is 515 g/mol. The van der Waals surface area contributed by atoms with Crippen LogP contribution in [0, 0.1) is 18.2 Å². The van der Waals surface area contributed by atoms with Crippen molar-refractivity contribution in [1.29, 1.82) is 0 Å². The number of ether oxygens (including phenoxy) is 1. The van der Waals surface area contributed by atoms with Gasteiger partial charge in [0.05, 0.1) is 25.2 Å². The number of primary amides is 1. The van der Waals surface area contributed by atoms with Crippen LogP contribution in [-0.2, 0) is 26.3 Å². The fraction of sp³-hybridized carbons (Fsp3) is 0.433. The summed E-state index contributed by atoms with van der Waals surface area (Å²) in [6, 6.07) is 10.1. The first-order valence-electron chi connectivity index (χ1n) is 13.5. The number of aliphatic hydroxyl groups is 1. The van der Waals surface area contributed by atoms with Crippen LogP contribution < -0.4 is 26.4 Å². The zero-order valence-electron chi connectivity index (χ0n) is 22.3. The molecule has 0 radical (unpaired) electrons. The Morgan fingerprint density at radius 3 is 2.73 bits per heavy atom. The highest BCUT2D eigenvalue weighted by atomic mass is 19.1. The molecule has 9 nitrogen and oxygen atoms in total. The van der Waals surface area contributed by atoms with Crippen LogP contribution in [0.15, 0.2) is 42.5 Å². The number of nitrogens with one attached hydrogen (secondary N) is 3. The summed E-state index contributed by atoms with van der Waals surface area (Å²) in [5.74, 6) is 0.323. The molecule has 3 amide bonds. The number of benzene rings is 2. The molecule has 1 aliphatic carbocycles. The van der Waals surface area contributed by atoms with E-state index in [1.807, 2.05) is 24.3 Å². The summed E-state index contributed by atoms with van der Waals surface area (Å²) in [6.07, 6.45) is 6.87. The minimum atomic E-state index is -1.21. The van der Waals surface area contributed by atoms with Crippen molar-refractivity contribution in [3.8, 4) is 18.1 Å². The second kappa shape index (κ2) is 12.9. The second-order valence-electron chi connectivity index (χ2n) is 10.4. The molecule has 212 valence electrons. The van der Waals surface area contributed by atoms with E-state index in [0.29, 0.717) is 18.4 Å². The van der Waals surface area contributed by atoms with Crippen LogP contribution in [0.4, 0.5) is 4.39 Å². The Bertz CT molecular complexity index is 1290. The number of nitrogens with two attached hydrogens (primary N) is 1. The van der Waals surface area contributed by atoms with E-state index in [1.54, 1.807) is 6.07 Å². The maximum Gasteiger partial charge on any atom is 0.243 e. The largest absolute Gasteiger partial charge is 0.491 e. The molecule has 3 atom stereocenters. The van der Waals surface area contributed by atoms with Crippen molar-refractivity contribution in [1.82, 2.24) is 16.0 Å². The monoisotopic (exact) mass is 550 g/mol. The number of aliphatic hydroxyl groups excluding tert-OH is 1. The number of fused-ring (bicyclic) bond motifs is 13. The summed E-state index contributed by atoms with van der Waals surface area (Å²) >= 11 is 0. The molecule has 3 unspecified atom stereocenters. The van der Waals surface area contributed by atoms with Crippen LogP contribution in [0.25, 0.3) is 0 Å². The molecule has 40 heavy (non-hydrogen) atoms. The van der Waals surface area contributed by atoms with E-state index in [9.17, 15) is 23.9 Å². The Balaban J connectivity index is 1.55. The summed E-state index contributed by atoms with van der Waals surface area (Å²) in [5.41, 5.74) is 7.30. The Morgan fingerprint density at radius 1 is 1.23 bits per heavy atom. The van der Waals surface area contributed by atoms with E-state index < -0.39 is 48.1 Å². The fourth-order valence-corrected chi connectivity index (χ4v) is 4.90. The van der Waals surface area contributed by atoms with Crippen LogP contribution in [0.5, 0.6) is 5.75 Å². The summed E-state index contributed by atoms with van der Waals surface area (Å²) in [5, 5.41) is 20.0. The highest BCUT2D eigenvalue weighted by Gasteiger charge is 2.44. The van der Waals surface area contributed by atoms with Gasteiger partial charge in [0.15, 0.2) is 11.6 Å². The normalized spacial score (nSPS) is 21.8. The number of amides is 3. The van der Waals surface area contributed by atoms with Crippen LogP contribution in [0.2, 0.25) is 0 Å². The topological polar surface area (TPSA) is 143 Å². The van der Waals surface area contributed by atoms with Gasteiger partial charge in [-0.15, -0.1) is 6.42 Å². The zero-order valence-corrected chi connectivity index (χ0v) is 22.3. The Morgan fingerprint density at radius 2 is 2.02 bits per heavy atom. The van der Waals surface area contributed by atoms with E-state index in [1.165, 1.54) is 12.1 Å². The molecule has 2 heterocycles. The van der Waals surface area contributed by atoms with Gasteiger partial charge in [0.1, 0.15) is 6.04 Å². The molecule has 1 saturated carbocycles. The second-order valence-corrected chi connectivity index (χ2v) is 10.4. The molecule has 0 saturated heterocycles. The molecule has 2 aromatic rings. The highest BCUT2D eigenvalue weighted by Crippen LogP contribution is 2.45. The SMILES string of the molecule is C#Cc1cccc(C2(NCC(O)C3Cc4ccc(c(F)c4)OCCCCC(=O)NC(CC(N)=O)C(=O)N3)CC2)c1. The van der Waals surface area contributed by atoms with Gasteiger partial charge in [0.2, 0.25) is 17.7 Å². The van der Waals surface area contributed by atoms with E-state index in [2.05, 4.69) is 21.9 Å². The van der Waals surface area contributed by atoms with Gasteiger partial charge in [-0.2, -0.15) is 0 Å². The van der Waals surface area contributed by atoms with Gasteiger partial charge in [-0.3, -0.25) is 14.4 Å². The van der Waals surface area contributed by atoms with Crippen molar-refractivity contribution >= 4 is 17.7 Å². The molecular formula is C30H35FN4O5. The predicted molar refractivity (Wildman–Crippen MR) is 146 cm³/mol. The van der Waals surface area contributed by atoms with E-state index in [0.717, 1.165) is 24.0 Å². The van der Waals surface area contributed by atoms with Crippen molar-refractivity contribution in [2.24, 2.45) is 5.73 Å². The number of carbonyl (C=O) groups is 3. The third-order valence-electron chi connectivity index (χ3n) is 7.34. The predicted octanol–water partition coefficient (Wildman–Crippen LogP) is 1.40. The van der Waals surface area contributed by atoms with Gasteiger partial charge in [0, 0.05) is 24.1 Å². The minimum absolute atomic E-state index is 0.0859. The molecule has 2 aromatic carbocycles. The lowest BCUT2D eigenvalue weighted by atomic mass is 9.98. The number of hydrogen-bond acceptors (Lipinski definition) is 6. The smallest absolute Gasteiger partial charge is 0.243 e. The molecule has 3 aliphatic rings. The van der Waals surface area contributed by atoms with E-state index in [-0.39, 0.29) is 37.3 Å². The Kier molecular flexibility index (Phi) is 9.40. The molecule has 2 bridgehead atoms. The Hall–Kier alpha value is -3.94. The summed E-state index contributed by atoms with van der Waals surface area (Å²) in [7, 11) is 0. The molecule has 2 aliphatic heterocycles. The van der Waals surface area contributed by atoms with Gasteiger partial charge < -0.3 is 31.5 Å². The molecule has 0 aromatic heterocycles. The molecule has 6 N–H and O–H groups in total.